The van der Waals surface area contributed by atoms with E-state index in [1.807, 2.05) is 0 Å². The van der Waals surface area contributed by atoms with E-state index < -0.39 is 0 Å². The molecule has 1 saturated carbocycles. The molecule has 88 valence electrons. The summed E-state index contributed by atoms with van der Waals surface area (Å²) >= 11 is 0. The Hall–Kier alpha value is 0.0249. The summed E-state index contributed by atoms with van der Waals surface area (Å²) in [5.41, 5.74) is 0. The van der Waals surface area contributed by atoms with Gasteiger partial charge in [-0.05, 0) is 12.8 Å². The molecule has 1 unspecified atom stereocenters. The van der Waals surface area contributed by atoms with E-state index in [0.717, 1.165) is 18.7 Å². The van der Waals surface area contributed by atoms with Crippen LogP contribution in [-0.4, -0.2) is 19.1 Å². The van der Waals surface area contributed by atoms with Crippen LogP contribution >= 0.6 is 0 Å². The minimum absolute atomic E-state index is 0.0129. The van der Waals surface area contributed by atoms with Crippen molar-refractivity contribution in [1.82, 2.24) is 0 Å². The second-order valence-electron chi connectivity index (χ2n) is 5.39. The average Bonchev–Trinajstić information content (AvgIpc) is 2.23. The Bertz CT molecular complexity index is 133. The Morgan fingerprint density at radius 1 is 0.667 bits per heavy atom. The van der Waals surface area contributed by atoms with Crippen LogP contribution in [0.2, 0.25) is 5.82 Å². The Kier molecular flexibility index (Phi) is 7.16. The molecule has 0 saturated heterocycles. The molecule has 1 N–H and O–H groups in total. The zero-order chi connectivity index (χ0) is 10.9. The third-order valence-corrected chi connectivity index (χ3v) is 3.72. The van der Waals surface area contributed by atoms with Crippen molar-refractivity contribution in [2.75, 3.05) is 0 Å². The van der Waals surface area contributed by atoms with Crippen molar-refractivity contribution < 1.29 is 5.11 Å². The summed E-state index contributed by atoms with van der Waals surface area (Å²) in [5, 5.41) is 9.73. The number of aliphatic hydroxyl groups is 1. The first-order chi connectivity index (χ1) is 7.29. The lowest BCUT2D eigenvalue weighted by Gasteiger charge is -2.11. The predicted molar refractivity (Wildman–Crippen MR) is 69.1 cm³/mol. The first kappa shape index (κ1) is 13.1. The molecule has 0 bridgehead atoms. The van der Waals surface area contributed by atoms with Gasteiger partial charge in [0.25, 0.3) is 0 Å². The zero-order valence-electron chi connectivity index (χ0n) is 10.4. The van der Waals surface area contributed by atoms with Gasteiger partial charge in [0, 0.05) is 0 Å². The van der Waals surface area contributed by atoms with Gasteiger partial charge in [-0.2, -0.15) is 0 Å². The van der Waals surface area contributed by atoms with E-state index in [-0.39, 0.29) is 6.10 Å². The molecular formula is C13H27BO. The minimum Gasteiger partial charge on any atom is -0.393 e. The van der Waals surface area contributed by atoms with Gasteiger partial charge in [-0.15, -0.1) is 0 Å². The van der Waals surface area contributed by atoms with E-state index in [1.165, 1.54) is 57.8 Å². The Morgan fingerprint density at radius 3 is 1.73 bits per heavy atom. The van der Waals surface area contributed by atoms with Crippen molar-refractivity contribution in [3.8, 4) is 0 Å². The minimum atomic E-state index is -0.0129. The van der Waals surface area contributed by atoms with Crippen molar-refractivity contribution in [3.05, 3.63) is 0 Å². The molecule has 0 amide bonds. The molecule has 1 rings (SSSR count). The number of hydrogen-bond acceptors (Lipinski definition) is 1. The van der Waals surface area contributed by atoms with Crippen LogP contribution in [0.15, 0.2) is 0 Å². The van der Waals surface area contributed by atoms with Crippen LogP contribution in [0.5, 0.6) is 0 Å². The molecule has 0 aromatic carbocycles. The van der Waals surface area contributed by atoms with Crippen molar-refractivity contribution in [2.24, 2.45) is 0 Å². The highest BCUT2D eigenvalue weighted by Gasteiger charge is 2.07. The number of aliphatic hydroxyl groups excluding tert-OH is 1. The summed E-state index contributed by atoms with van der Waals surface area (Å²) < 4.78 is 0. The van der Waals surface area contributed by atoms with Crippen LogP contribution < -0.4 is 0 Å². The monoisotopic (exact) mass is 210 g/mol. The molecule has 0 aromatic rings. The third kappa shape index (κ3) is 7.00. The molecule has 1 aliphatic rings. The largest absolute Gasteiger partial charge is 0.393 e. The van der Waals surface area contributed by atoms with E-state index in [1.54, 1.807) is 0 Å². The maximum atomic E-state index is 9.73. The van der Waals surface area contributed by atoms with Gasteiger partial charge < -0.3 is 5.11 Å². The van der Waals surface area contributed by atoms with E-state index >= 15 is 0 Å². The first-order valence-electron chi connectivity index (χ1n) is 6.97. The lowest BCUT2D eigenvalue weighted by molar-refractivity contribution is 0.147. The highest BCUT2D eigenvalue weighted by atomic mass is 16.3. The predicted octanol–water partition coefficient (Wildman–Crippen LogP) is 3.07. The fraction of sp³-hybridized carbons (Fsp3) is 1.00. The fourth-order valence-electron chi connectivity index (χ4n) is 2.56. The van der Waals surface area contributed by atoms with Crippen LogP contribution in [0.25, 0.3) is 0 Å². The van der Waals surface area contributed by atoms with Gasteiger partial charge in [0.15, 0.2) is 0 Å². The second kappa shape index (κ2) is 8.21. The lowest BCUT2D eigenvalue weighted by atomic mass is 9.79. The van der Waals surface area contributed by atoms with Gasteiger partial charge in [-0.1, -0.05) is 63.6 Å². The molecule has 0 aromatic heterocycles. The molecule has 2 atom stereocenters. The highest BCUT2D eigenvalue weighted by Crippen LogP contribution is 2.22. The number of hydrogen-bond donors (Lipinski definition) is 1. The fourth-order valence-corrected chi connectivity index (χ4v) is 2.56. The van der Waals surface area contributed by atoms with E-state index in [0.29, 0.717) is 0 Å². The van der Waals surface area contributed by atoms with Crippen LogP contribution in [0.1, 0.15) is 70.6 Å². The molecule has 2 heteroatoms. The standard InChI is InChI=1S/C13H27BO/c14-12-8-4-2-1-3-5-10-13(15)11-7-6-9-12/h12-13,15H,1-11,14H2/t12?,13-/m0/s1. The SMILES string of the molecule is BC1CCCCCCC[C@H](O)CCCC1. The van der Waals surface area contributed by atoms with Crippen LogP contribution in [-0.2, 0) is 0 Å². The van der Waals surface area contributed by atoms with Crippen molar-refractivity contribution in [2.45, 2.75) is 82.6 Å². The van der Waals surface area contributed by atoms with Gasteiger partial charge in [0.2, 0.25) is 0 Å². The summed E-state index contributed by atoms with van der Waals surface area (Å²) in [6.07, 6.45) is 14.1. The molecule has 15 heavy (non-hydrogen) atoms. The molecule has 1 fully saturated rings. The quantitative estimate of drug-likeness (QED) is 0.609. The third-order valence-electron chi connectivity index (χ3n) is 3.72. The number of rotatable bonds is 0. The van der Waals surface area contributed by atoms with Crippen LogP contribution in [0, 0.1) is 0 Å². The Labute approximate surface area is 96.1 Å². The maximum absolute atomic E-state index is 9.73. The molecule has 0 aliphatic heterocycles. The Morgan fingerprint density at radius 2 is 1.07 bits per heavy atom. The lowest BCUT2D eigenvalue weighted by Crippen LogP contribution is -2.06. The molecule has 1 nitrogen and oxygen atoms in total. The molecule has 0 spiro atoms. The van der Waals surface area contributed by atoms with E-state index in [2.05, 4.69) is 7.85 Å². The highest BCUT2D eigenvalue weighted by molar-refractivity contribution is 6.11. The second-order valence-corrected chi connectivity index (χ2v) is 5.39. The van der Waals surface area contributed by atoms with E-state index in [9.17, 15) is 5.11 Å². The van der Waals surface area contributed by atoms with Crippen molar-refractivity contribution in [3.63, 3.8) is 0 Å². The maximum Gasteiger partial charge on any atom is 0.105 e. The first-order valence-corrected chi connectivity index (χ1v) is 6.97. The molecule has 0 radical (unpaired) electrons. The topological polar surface area (TPSA) is 20.2 Å². The van der Waals surface area contributed by atoms with Gasteiger partial charge in [0.05, 0.1) is 6.10 Å². The molecular weight excluding hydrogens is 183 g/mol. The summed E-state index contributed by atoms with van der Waals surface area (Å²) in [6.45, 7) is 0. The summed E-state index contributed by atoms with van der Waals surface area (Å²) in [5.74, 6) is 0.905. The zero-order valence-corrected chi connectivity index (χ0v) is 10.4. The van der Waals surface area contributed by atoms with E-state index in [4.69, 9.17) is 0 Å². The van der Waals surface area contributed by atoms with Gasteiger partial charge in [-0.3, -0.25) is 0 Å². The summed E-state index contributed by atoms with van der Waals surface area (Å²) in [7, 11) is 2.38. The summed E-state index contributed by atoms with van der Waals surface area (Å²) in [6, 6.07) is 0. The van der Waals surface area contributed by atoms with Gasteiger partial charge in [-0.25, -0.2) is 0 Å². The normalized spacial score (nSPS) is 32.3. The van der Waals surface area contributed by atoms with Gasteiger partial charge >= 0.3 is 0 Å². The molecule has 0 heterocycles. The van der Waals surface area contributed by atoms with Crippen LogP contribution in [0.3, 0.4) is 0 Å². The van der Waals surface area contributed by atoms with Gasteiger partial charge in [0.1, 0.15) is 7.85 Å². The smallest absolute Gasteiger partial charge is 0.105 e. The average molecular weight is 210 g/mol. The van der Waals surface area contributed by atoms with Crippen molar-refractivity contribution in [1.29, 1.82) is 0 Å². The summed E-state index contributed by atoms with van der Waals surface area (Å²) in [4.78, 5) is 0. The molecule has 1 aliphatic carbocycles. The Balaban J connectivity index is 2.21. The van der Waals surface area contributed by atoms with Crippen molar-refractivity contribution >= 4 is 7.85 Å². The van der Waals surface area contributed by atoms with Crippen LogP contribution in [0.4, 0.5) is 0 Å².